The lowest BCUT2D eigenvalue weighted by molar-refractivity contribution is -0.302. The lowest BCUT2D eigenvalue weighted by Crippen LogP contribution is -2.60. The molecule has 7 atom stereocenters. The van der Waals surface area contributed by atoms with E-state index in [9.17, 15) is 30.3 Å². The second-order valence-corrected chi connectivity index (χ2v) is 19.3. The second-order valence-electron chi connectivity index (χ2n) is 19.3. The van der Waals surface area contributed by atoms with Gasteiger partial charge in [0.15, 0.2) is 6.29 Å². The Hall–Kier alpha value is -3.67. The normalized spacial score (nSPS) is 20.1. The van der Waals surface area contributed by atoms with Gasteiger partial charge in [0.05, 0.1) is 25.4 Å². The molecule has 9 nitrogen and oxygen atoms in total. The number of hydrogen-bond acceptors (Lipinski definition) is 8. The van der Waals surface area contributed by atoms with Gasteiger partial charge in [0.1, 0.15) is 24.4 Å². The van der Waals surface area contributed by atoms with Gasteiger partial charge in [0.25, 0.3) is 0 Å². The molecule has 1 fully saturated rings. The van der Waals surface area contributed by atoms with Gasteiger partial charge in [0.2, 0.25) is 5.91 Å². The number of allylic oxidation sites excluding steroid dienone is 21. The SMILES string of the molecule is CC/C=C\C/C=C\C/C=C\C/C=C\C/C=C\C/C=C\C/C=C\C/C=C\C/C=C\CCCCCCCCCC(=O)NC(COC1OC(CO)C(O)C(O)C1O)C(O)/C=C/CC/C=C/CCCCCCCCCCC. The van der Waals surface area contributed by atoms with Crippen LogP contribution in [0.5, 0.6) is 0 Å². The van der Waals surface area contributed by atoms with Gasteiger partial charge in [-0.2, -0.15) is 0 Å². The summed E-state index contributed by atoms with van der Waals surface area (Å²) >= 11 is 0. The van der Waals surface area contributed by atoms with E-state index in [0.29, 0.717) is 6.42 Å². The van der Waals surface area contributed by atoms with Crippen LogP contribution in [0, 0.1) is 0 Å². The number of amides is 1. The summed E-state index contributed by atoms with van der Waals surface area (Å²) in [7, 11) is 0. The Morgan fingerprint density at radius 3 is 1.32 bits per heavy atom. The molecule has 0 spiro atoms. The molecule has 9 heteroatoms. The molecule has 1 aliphatic rings. The van der Waals surface area contributed by atoms with Crippen LogP contribution in [0.2, 0.25) is 0 Å². The van der Waals surface area contributed by atoms with E-state index in [-0.39, 0.29) is 12.5 Å². The maximum atomic E-state index is 13.0. The van der Waals surface area contributed by atoms with E-state index in [1.165, 1.54) is 77.0 Å². The minimum absolute atomic E-state index is 0.204. The zero-order chi connectivity index (χ0) is 52.9. The number of rotatable bonds is 47. The van der Waals surface area contributed by atoms with E-state index in [1.54, 1.807) is 6.08 Å². The Bertz CT molecular complexity index is 1600. The third kappa shape index (κ3) is 41.3. The molecule has 0 aromatic heterocycles. The fourth-order valence-corrected chi connectivity index (χ4v) is 8.16. The molecule has 1 heterocycles. The smallest absolute Gasteiger partial charge is 0.220 e. The van der Waals surface area contributed by atoms with Crippen molar-refractivity contribution in [3.63, 3.8) is 0 Å². The van der Waals surface area contributed by atoms with Gasteiger partial charge < -0.3 is 40.3 Å². The van der Waals surface area contributed by atoms with Crippen molar-refractivity contribution >= 4 is 5.91 Å². The van der Waals surface area contributed by atoms with Crippen molar-refractivity contribution in [2.75, 3.05) is 13.2 Å². The molecule has 1 saturated heterocycles. The van der Waals surface area contributed by atoms with Crippen LogP contribution < -0.4 is 5.32 Å². The Kier molecular flexibility index (Phi) is 47.8. The highest BCUT2D eigenvalue weighted by Gasteiger charge is 2.44. The third-order valence-electron chi connectivity index (χ3n) is 12.7. The number of carbonyl (C=O) groups is 1. The number of nitrogens with one attached hydrogen (secondary N) is 1. The van der Waals surface area contributed by atoms with E-state index in [2.05, 4.69) is 141 Å². The van der Waals surface area contributed by atoms with Gasteiger partial charge in [0, 0.05) is 6.42 Å². The first-order valence-electron chi connectivity index (χ1n) is 28.9. The Morgan fingerprint density at radius 1 is 0.479 bits per heavy atom. The average Bonchev–Trinajstić information content (AvgIpc) is 3.39. The minimum atomic E-state index is -1.58. The fourth-order valence-electron chi connectivity index (χ4n) is 8.16. The van der Waals surface area contributed by atoms with Gasteiger partial charge in [-0.15, -0.1) is 0 Å². The van der Waals surface area contributed by atoms with Crippen LogP contribution in [0.25, 0.3) is 0 Å². The van der Waals surface area contributed by atoms with Crippen molar-refractivity contribution in [2.24, 2.45) is 0 Å². The lowest BCUT2D eigenvalue weighted by Gasteiger charge is -2.40. The molecule has 0 aromatic carbocycles. The van der Waals surface area contributed by atoms with Crippen LogP contribution in [0.3, 0.4) is 0 Å². The van der Waals surface area contributed by atoms with E-state index >= 15 is 0 Å². The van der Waals surface area contributed by atoms with Crippen LogP contribution in [0.15, 0.2) is 134 Å². The van der Waals surface area contributed by atoms with Crippen LogP contribution >= 0.6 is 0 Å². The first kappa shape index (κ1) is 67.3. The fraction of sp³-hybridized carbons (Fsp3) is 0.641. The number of aliphatic hydroxyl groups excluding tert-OH is 5. The summed E-state index contributed by atoms with van der Waals surface area (Å²) in [5.74, 6) is -0.204. The summed E-state index contributed by atoms with van der Waals surface area (Å²) in [5, 5.41) is 54.4. The van der Waals surface area contributed by atoms with Crippen LogP contribution in [0.4, 0.5) is 0 Å². The summed E-state index contributed by atoms with van der Waals surface area (Å²) in [6.45, 7) is 3.62. The molecule has 6 N–H and O–H groups in total. The molecule has 0 aliphatic carbocycles. The second kappa shape index (κ2) is 51.8. The molecule has 1 aliphatic heterocycles. The van der Waals surface area contributed by atoms with Crippen molar-refractivity contribution in [3.8, 4) is 0 Å². The van der Waals surface area contributed by atoms with Gasteiger partial charge >= 0.3 is 0 Å². The molecule has 1 amide bonds. The summed E-state index contributed by atoms with van der Waals surface area (Å²) in [6.07, 6.45) is 72.3. The van der Waals surface area contributed by atoms with Crippen molar-refractivity contribution < 1.29 is 39.8 Å². The van der Waals surface area contributed by atoms with E-state index < -0.39 is 49.5 Å². The predicted molar refractivity (Wildman–Crippen MR) is 308 cm³/mol. The molecule has 0 aromatic rings. The van der Waals surface area contributed by atoms with Crippen molar-refractivity contribution in [1.29, 1.82) is 0 Å². The van der Waals surface area contributed by atoms with Crippen LogP contribution in [-0.4, -0.2) is 87.5 Å². The zero-order valence-electron chi connectivity index (χ0n) is 45.8. The van der Waals surface area contributed by atoms with Gasteiger partial charge in [-0.3, -0.25) is 4.79 Å². The summed E-state index contributed by atoms with van der Waals surface area (Å²) in [5.41, 5.74) is 0. The Morgan fingerprint density at radius 2 is 0.863 bits per heavy atom. The number of ether oxygens (including phenoxy) is 2. The molecular weight excluding hydrogens is 911 g/mol. The maximum Gasteiger partial charge on any atom is 0.220 e. The minimum Gasteiger partial charge on any atom is -0.394 e. The van der Waals surface area contributed by atoms with Gasteiger partial charge in [-0.05, 0) is 103 Å². The molecule has 414 valence electrons. The van der Waals surface area contributed by atoms with E-state index in [4.69, 9.17) is 9.47 Å². The Balaban J connectivity index is 2.23. The monoisotopic (exact) mass is 1020 g/mol. The molecule has 7 unspecified atom stereocenters. The summed E-state index contributed by atoms with van der Waals surface area (Å²) in [6, 6.07) is -0.837. The molecule has 1 rings (SSSR count). The molecule has 0 radical (unpaired) electrons. The molecule has 0 saturated carbocycles. The van der Waals surface area contributed by atoms with E-state index in [1.807, 2.05) is 6.08 Å². The highest BCUT2D eigenvalue weighted by molar-refractivity contribution is 5.76. The lowest BCUT2D eigenvalue weighted by atomic mass is 9.99. The quantitative estimate of drug-likeness (QED) is 0.0261. The van der Waals surface area contributed by atoms with Crippen LogP contribution in [-0.2, 0) is 14.3 Å². The largest absolute Gasteiger partial charge is 0.394 e. The standard InChI is InChI=1S/C64H105NO8/c1-3-5-7-9-11-13-15-17-19-20-21-22-23-24-25-26-27-28-29-30-31-32-33-34-35-36-37-38-40-42-44-46-48-50-52-54-60(68)65-57(56-72-64-63(71)62(70)61(69)59(55-66)73-64)58(67)53-51-49-47-45-43-41-39-18-16-14-12-10-8-6-4-2/h5,7,11,13,17,19,21-22,24-25,27-28,30-31,33-34,36-37,43,45,51,53,57-59,61-64,66-67,69-71H,3-4,6,8-10,12,14-16,18,20,23,26,29,32,35,38-42,44,46-50,52,54-56H2,1-2H3,(H,65,68)/b7-5-,13-11-,19-17-,22-21-,25-24-,28-27-,31-30-,34-33-,37-36-,45-43+,53-51+. The third-order valence-corrected chi connectivity index (χ3v) is 12.7. The van der Waals surface area contributed by atoms with Crippen molar-refractivity contribution in [1.82, 2.24) is 5.32 Å². The number of unbranched alkanes of at least 4 members (excludes halogenated alkanes) is 17. The Labute approximate surface area is 445 Å². The topological polar surface area (TPSA) is 149 Å². The van der Waals surface area contributed by atoms with Crippen LogP contribution in [0.1, 0.15) is 206 Å². The highest BCUT2D eigenvalue weighted by atomic mass is 16.7. The van der Waals surface area contributed by atoms with Crippen molar-refractivity contribution in [2.45, 2.75) is 249 Å². The number of carbonyl (C=O) groups excluding carboxylic acids is 1. The molecular formula is C64H105NO8. The maximum absolute atomic E-state index is 13.0. The number of aliphatic hydroxyl groups is 5. The summed E-state index contributed by atoms with van der Waals surface area (Å²) < 4.78 is 11.2. The van der Waals surface area contributed by atoms with Gasteiger partial charge in [-0.1, -0.05) is 231 Å². The molecule has 0 bridgehead atoms. The summed E-state index contributed by atoms with van der Waals surface area (Å²) in [4.78, 5) is 13.0. The zero-order valence-corrected chi connectivity index (χ0v) is 45.8. The van der Waals surface area contributed by atoms with Gasteiger partial charge in [-0.25, -0.2) is 0 Å². The van der Waals surface area contributed by atoms with Crippen molar-refractivity contribution in [3.05, 3.63) is 134 Å². The molecule has 73 heavy (non-hydrogen) atoms. The predicted octanol–water partition coefficient (Wildman–Crippen LogP) is 14.5. The number of hydrogen-bond donors (Lipinski definition) is 6. The average molecular weight is 1020 g/mol. The first-order chi connectivity index (χ1) is 35.8. The van der Waals surface area contributed by atoms with E-state index in [0.717, 1.165) is 109 Å². The highest BCUT2D eigenvalue weighted by Crippen LogP contribution is 2.22. The first-order valence-corrected chi connectivity index (χ1v) is 28.9.